The Hall–Kier alpha value is -2.25. The van der Waals surface area contributed by atoms with E-state index in [4.69, 9.17) is 12.2 Å². The highest BCUT2D eigenvalue weighted by molar-refractivity contribution is 9.10. The van der Waals surface area contributed by atoms with Crippen LogP contribution in [0.4, 0.5) is 10.1 Å². The predicted molar refractivity (Wildman–Crippen MR) is 102 cm³/mol. The molecular formula is C17H15BrFN3OS. The number of benzene rings is 2. The average molecular weight is 408 g/mol. The summed E-state index contributed by atoms with van der Waals surface area (Å²) < 4.78 is 13.7. The number of halogens is 2. The smallest absolute Gasteiger partial charge is 0.262 e. The molecule has 0 aromatic heterocycles. The van der Waals surface area contributed by atoms with Crippen molar-refractivity contribution in [1.29, 1.82) is 0 Å². The third kappa shape index (κ3) is 5.75. The van der Waals surface area contributed by atoms with Crippen LogP contribution in [0.1, 0.15) is 11.1 Å². The van der Waals surface area contributed by atoms with Gasteiger partial charge in [-0.25, -0.2) is 4.39 Å². The molecule has 4 nitrogen and oxygen atoms in total. The van der Waals surface area contributed by atoms with Gasteiger partial charge < -0.3 is 5.32 Å². The van der Waals surface area contributed by atoms with Gasteiger partial charge >= 0.3 is 0 Å². The number of hydrogen-bond donors (Lipinski definition) is 3. The lowest BCUT2D eigenvalue weighted by Gasteiger charge is -2.10. The summed E-state index contributed by atoms with van der Waals surface area (Å²) in [7, 11) is 0. The third-order valence-corrected chi connectivity index (χ3v) is 3.86. The molecule has 0 unspecified atom stereocenters. The maximum atomic E-state index is 12.8. The van der Waals surface area contributed by atoms with E-state index in [0.29, 0.717) is 5.69 Å². The van der Waals surface area contributed by atoms with Gasteiger partial charge in [0, 0.05) is 16.2 Å². The first kappa shape index (κ1) is 18.1. The van der Waals surface area contributed by atoms with Gasteiger partial charge in [-0.15, -0.1) is 0 Å². The number of hydrogen-bond acceptors (Lipinski definition) is 2. The summed E-state index contributed by atoms with van der Waals surface area (Å²) in [5.41, 5.74) is 7.65. The number of carbonyl (C=O) groups excluding carboxylic acids is 1. The zero-order valence-electron chi connectivity index (χ0n) is 12.8. The molecule has 2 aromatic rings. The van der Waals surface area contributed by atoms with Crippen molar-refractivity contribution in [1.82, 2.24) is 10.9 Å². The maximum absolute atomic E-state index is 12.8. The number of nitrogens with one attached hydrogen (secondary N) is 3. The minimum atomic E-state index is -0.356. The van der Waals surface area contributed by atoms with Gasteiger partial charge in [-0.2, -0.15) is 0 Å². The fraction of sp³-hybridized carbons (Fsp3) is 0.0588. The van der Waals surface area contributed by atoms with Crippen molar-refractivity contribution >= 4 is 50.9 Å². The molecule has 0 saturated heterocycles. The fourth-order valence-corrected chi connectivity index (χ4v) is 2.58. The summed E-state index contributed by atoms with van der Waals surface area (Å²) in [6.45, 7) is 1.99. The van der Waals surface area contributed by atoms with Crippen LogP contribution in [0.5, 0.6) is 0 Å². The molecule has 0 spiro atoms. The summed E-state index contributed by atoms with van der Waals surface area (Å²) in [4.78, 5) is 11.8. The molecule has 2 aromatic carbocycles. The van der Waals surface area contributed by atoms with Crippen molar-refractivity contribution < 1.29 is 9.18 Å². The lowest BCUT2D eigenvalue weighted by Crippen LogP contribution is -2.43. The molecule has 0 heterocycles. The van der Waals surface area contributed by atoms with Crippen LogP contribution in [0.15, 0.2) is 53.0 Å². The van der Waals surface area contributed by atoms with Crippen LogP contribution in [0, 0.1) is 12.7 Å². The van der Waals surface area contributed by atoms with Gasteiger partial charge in [0.15, 0.2) is 5.11 Å². The Morgan fingerprint density at radius 2 is 1.88 bits per heavy atom. The number of rotatable bonds is 3. The van der Waals surface area contributed by atoms with Gasteiger partial charge in [-0.05, 0) is 66.7 Å². The van der Waals surface area contributed by atoms with Gasteiger partial charge in [-0.1, -0.05) is 28.1 Å². The molecule has 0 aliphatic heterocycles. The summed E-state index contributed by atoms with van der Waals surface area (Å²) in [6, 6.07) is 11.6. The number of hydrazine groups is 1. The van der Waals surface area contributed by atoms with E-state index in [1.807, 2.05) is 25.1 Å². The molecule has 0 aliphatic carbocycles. The second-order valence-corrected chi connectivity index (χ2v) is 6.20. The van der Waals surface area contributed by atoms with Crippen molar-refractivity contribution in [2.24, 2.45) is 0 Å². The Kier molecular flexibility index (Phi) is 6.45. The molecular weight excluding hydrogens is 393 g/mol. The summed E-state index contributed by atoms with van der Waals surface area (Å²) >= 11 is 8.48. The zero-order chi connectivity index (χ0) is 17.5. The number of carbonyl (C=O) groups is 1. The van der Waals surface area contributed by atoms with Gasteiger partial charge in [0.2, 0.25) is 0 Å². The molecule has 124 valence electrons. The van der Waals surface area contributed by atoms with E-state index in [2.05, 4.69) is 32.1 Å². The molecule has 0 aliphatic rings. The molecule has 7 heteroatoms. The summed E-state index contributed by atoms with van der Waals surface area (Å²) in [6.07, 6.45) is 3.08. The fourth-order valence-electron chi connectivity index (χ4n) is 1.79. The van der Waals surface area contributed by atoms with Crippen LogP contribution < -0.4 is 16.2 Å². The number of anilines is 1. The van der Waals surface area contributed by atoms with Crippen LogP contribution in [-0.2, 0) is 4.79 Å². The highest BCUT2D eigenvalue weighted by Crippen LogP contribution is 2.19. The predicted octanol–water partition coefficient (Wildman–Crippen LogP) is 3.93. The maximum Gasteiger partial charge on any atom is 0.262 e. The van der Waals surface area contributed by atoms with Gasteiger partial charge in [0.05, 0.1) is 0 Å². The molecule has 2 rings (SSSR count). The lowest BCUT2D eigenvalue weighted by atomic mass is 10.1. The van der Waals surface area contributed by atoms with Crippen molar-refractivity contribution in [2.45, 2.75) is 6.92 Å². The molecule has 0 saturated carbocycles. The topological polar surface area (TPSA) is 53.2 Å². The Morgan fingerprint density at radius 3 is 2.54 bits per heavy atom. The first-order valence-electron chi connectivity index (χ1n) is 7.01. The van der Waals surface area contributed by atoms with Crippen molar-refractivity contribution in [3.05, 3.63) is 70.0 Å². The molecule has 0 atom stereocenters. The van der Waals surface area contributed by atoms with E-state index in [9.17, 15) is 9.18 Å². The van der Waals surface area contributed by atoms with Crippen molar-refractivity contribution in [3.8, 4) is 0 Å². The normalized spacial score (nSPS) is 10.5. The zero-order valence-corrected chi connectivity index (χ0v) is 15.2. The lowest BCUT2D eigenvalue weighted by molar-refractivity contribution is -0.116. The SMILES string of the molecule is Cc1ccc(/C=C/C(=O)NNC(=S)Nc2ccc(F)cc2)c(Br)c1. The average Bonchev–Trinajstić information content (AvgIpc) is 2.54. The number of thiocarbonyl (C=S) groups is 1. The van der Waals surface area contributed by atoms with E-state index in [1.54, 1.807) is 18.2 Å². The number of amides is 1. The Labute approximate surface area is 153 Å². The largest absolute Gasteiger partial charge is 0.331 e. The van der Waals surface area contributed by atoms with Gasteiger partial charge in [-0.3, -0.25) is 15.6 Å². The van der Waals surface area contributed by atoms with Crippen LogP contribution in [-0.4, -0.2) is 11.0 Å². The third-order valence-electron chi connectivity index (χ3n) is 2.97. The molecule has 0 radical (unpaired) electrons. The summed E-state index contributed by atoms with van der Waals surface area (Å²) in [5.74, 6) is -0.689. The summed E-state index contributed by atoms with van der Waals surface area (Å²) in [5, 5.41) is 3.02. The van der Waals surface area contributed by atoms with E-state index in [0.717, 1.165) is 15.6 Å². The Morgan fingerprint density at radius 1 is 1.17 bits per heavy atom. The number of aryl methyl sites for hydroxylation is 1. The Bertz CT molecular complexity index is 778. The molecule has 1 amide bonds. The van der Waals surface area contributed by atoms with E-state index in [-0.39, 0.29) is 16.8 Å². The standard InChI is InChI=1S/C17H15BrFN3OS/c1-11-2-3-12(15(18)10-11)4-9-16(23)21-22-17(24)20-14-7-5-13(19)6-8-14/h2-10H,1H3,(H,21,23)(H2,20,22,24)/b9-4+. The molecule has 0 bridgehead atoms. The monoisotopic (exact) mass is 407 g/mol. The molecule has 24 heavy (non-hydrogen) atoms. The van der Waals surface area contributed by atoms with E-state index < -0.39 is 0 Å². The highest BCUT2D eigenvalue weighted by atomic mass is 79.9. The minimum absolute atomic E-state index is 0.194. The van der Waals surface area contributed by atoms with Crippen LogP contribution >= 0.6 is 28.1 Å². The molecule has 0 fully saturated rings. The Balaban J connectivity index is 1.83. The van der Waals surface area contributed by atoms with Gasteiger partial charge in [0.1, 0.15) is 5.82 Å². The quantitative estimate of drug-likeness (QED) is 0.409. The van der Waals surface area contributed by atoms with Crippen molar-refractivity contribution in [2.75, 3.05) is 5.32 Å². The van der Waals surface area contributed by atoms with Crippen LogP contribution in [0.2, 0.25) is 0 Å². The first-order valence-corrected chi connectivity index (χ1v) is 8.21. The van der Waals surface area contributed by atoms with Crippen LogP contribution in [0.25, 0.3) is 6.08 Å². The van der Waals surface area contributed by atoms with Crippen LogP contribution in [0.3, 0.4) is 0 Å². The minimum Gasteiger partial charge on any atom is -0.331 e. The van der Waals surface area contributed by atoms with E-state index >= 15 is 0 Å². The van der Waals surface area contributed by atoms with Crippen molar-refractivity contribution in [3.63, 3.8) is 0 Å². The first-order chi connectivity index (χ1) is 11.4. The van der Waals surface area contributed by atoms with Gasteiger partial charge in [0.25, 0.3) is 5.91 Å². The van der Waals surface area contributed by atoms with E-state index in [1.165, 1.54) is 18.2 Å². The highest BCUT2D eigenvalue weighted by Gasteiger charge is 2.01. The second-order valence-electron chi connectivity index (χ2n) is 4.93. The second kappa shape index (κ2) is 8.56. The molecule has 3 N–H and O–H groups in total.